The molecule has 1 fully saturated rings. The fourth-order valence-electron chi connectivity index (χ4n) is 3.28. The average molecular weight is 374 g/mol. The van der Waals surface area contributed by atoms with Crippen molar-refractivity contribution >= 4 is 5.91 Å². The van der Waals surface area contributed by atoms with Gasteiger partial charge in [0.05, 0.1) is 0 Å². The third-order valence-corrected chi connectivity index (χ3v) is 5.10. The van der Waals surface area contributed by atoms with Crippen LogP contribution in [0.2, 0.25) is 0 Å². The molecule has 150 valence electrons. The Morgan fingerprint density at radius 1 is 1.22 bits per heavy atom. The Kier molecular flexibility index (Phi) is 8.52. The van der Waals surface area contributed by atoms with Gasteiger partial charge in [-0.15, -0.1) is 0 Å². The van der Waals surface area contributed by atoms with Crippen molar-refractivity contribution in [2.24, 2.45) is 17.8 Å². The van der Waals surface area contributed by atoms with Gasteiger partial charge in [-0.25, -0.2) is 0 Å². The highest BCUT2D eigenvalue weighted by atomic mass is 16.5. The predicted octanol–water partition coefficient (Wildman–Crippen LogP) is 4.17. The molecule has 3 N–H and O–H groups in total. The Labute approximate surface area is 163 Å². The summed E-state index contributed by atoms with van der Waals surface area (Å²) < 4.78 is 0. The number of allylic oxidation sites excluding steroid dienone is 2. The molecule has 4 heteroatoms. The van der Waals surface area contributed by atoms with E-state index in [1.807, 2.05) is 18.2 Å². The van der Waals surface area contributed by atoms with E-state index in [-0.39, 0.29) is 18.2 Å². The number of hydrogen-bond donors (Lipinski definition) is 3. The zero-order valence-electron chi connectivity index (χ0n) is 16.7. The van der Waals surface area contributed by atoms with Gasteiger partial charge in [0.15, 0.2) is 0 Å². The minimum absolute atomic E-state index is 0.164. The molecule has 0 aromatic heterocycles. The van der Waals surface area contributed by atoms with E-state index in [0.717, 1.165) is 19.3 Å². The van der Waals surface area contributed by atoms with E-state index in [2.05, 4.69) is 43.4 Å². The smallest absolute Gasteiger partial charge is 0.246 e. The monoisotopic (exact) mass is 373 g/mol. The minimum Gasteiger partial charge on any atom is -0.349 e. The van der Waals surface area contributed by atoms with Crippen molar-refractivity contribution in [1.29, 1.82) is 0 Å². The Bertz CT molecular complexity index is 591. The van der Waals surface area contributed by atoms with Crippen molar-refractivity contribution < 1.29 is 15.0 Å². The summed E-state index contributed by atoms with van der Waals surface area (Å²) in [5.41, 5.74) is 1.24. The van der Waals surface area contributed by atoms with Crippen LogP contribution < -0.4 is 5.32 Å². The lowest BCUT2D eigenvalue weighted by atomic mass is 9.96. The molecule has 0 saturated heterocycles. The van der Waals surface area contributed by atoms with Gasteiger partial charge in [0.2, 0.25) is 11.8 Å². The van der Waals surface area contributed by atoms with E-state index >= 15 is 0 Å². The van der Waals surface area contributed by atoms with Gasteiger partial charge in [-0.1, -0.05) is 75.6 Å². The van der Waals surface area contributed by atoms with Crippen molar-refractivity contribution in [2.45, 2.75) is 71.1 Å². The minimum atomic E-state index is -2.11. The summed E-state index contributed by atoms with van der Waals surface area (Å²) in [6.45, 7) is 4.20. The third-order valence-electron chi connectivity index (χ3n) is 5.10. The molecule has 27 heavy (non-hydrogen) atoms. The van der Waals surface area contributed by atoms with E-state index in [1.165, 1.54) is 18.4 Å². The summed E-state index contributed by atoms with van der Waals surface area (Å²) in [4.78, 5) is 12.6. The van der Waals surface area contributed by atoms with Gasteiger partial charge in [0.1, 0.15) is 0 Å². The van der Waals surface area contributed by atoms with E-state index in [4.69, 9.17) is 0 Å². The molecule has 1 saturated carbocycles. The second kappa shape index (κ2) is 10.6. The number of nitrogens with one attached hydrogen (secondary N) is 1. The first-order chi connectivity index (χ1) is 12.9. The first-order valence-electron chi connectivity index (χ1n) is 10.3. The van der Waals surface area contributed by atoms with Crippen LogP contribution in [0.4, 0.5) is 0 Å². The van der Waals surface area contributed by atoms with Crippen LogP contribution >= 0.6 is 0 Å². The maximum absolute atomic E-state index is 12.6. The number of amides is 1. The quantitative estimate of drug-likeness (QED) is 0.380. The van der Waals surface area contributed by atoms with E-state index < -0.39 is 5.91 Å². The normalized spacial score (nSPS) is 16.0. The molecular weight excluding hydrogens is 338 g/mol. The average Bonchev–Trinajstić information content (AvgIpc) is 3.41. The van der Waals surface area contributed by atoms with Gasteiger partial charge in [0, 0.05) is 12.3 Å². The van der Waals surface area contributed by atoms with E-state index in [0.29, 0.717) is 24.7 Å². The highest BCUT2D eigenvalue weighted by molar-refractivity contribution is 5.79. The van der Waals surface area contributed by atoms with Crippen molar-refractivity contribution in [3.8, 4) is 0 Å². The second-order valence-corrected chi connectivity index (χ2v) is 8.36. The summed E-state index contributed by atoms with van der Waals surface area (Å²) in [5.74, 6) is -1.44. The molecule has 1 aromatic rings. The highest BCUT2D eigenvalue weighted by Gasteiger charge is 2.32. The van der Waals surface area contributed by atoms with Gasteiger partial charge < -0.3 is 15.5 Å². The lowest BCUT2D eigenvalue weighted by Crippen LogP contribution is -2.50. The molecule has 1 aliphatic carbocycles. The van der Waals surface area contributed by atoms with Crippen molar-refractivity contribution in [3.63, 3.8) is 0 Å². The molecular formula is C23H35NO3. The molecule has 1 amide bonds. The molecule has 0 aliphatic heterocycles. The Morgan fingerprint density at radius 3 is 2.56 bits per heavy atom. The van der Waals surface area contributed by atoms with Crippen LogP contribution in [0.25, 0.3) is 0 Å². The Balaban J connectivity index is 1.83. The third kappa shape index (κ3) is 9.21. The molecule has 2 rings (SSSR count). The number of benzene rings is 1. The standard InChI is InChI=1S/C23H35NO3/c1-18(2)9-8-16-23(26,27)24-22(25)21(17-20-14-15-20)13-7-6-12-19-10-4-3-5-11-19/h3-7,10-11,18,20-21,26-27H,8-9,12-17H2,1-2H3,(H,24,25)/t21-/m1/s1. The van der Waals surface area contributed by atoms with Crippen LogP contribution in [0.3, 0.4) is 0 Å². The molecule has 0 radical (unpaired) electrons. The van der Waals surface area contributed by atoms with Crippen molar-refractivity contribution in [1.82, 2.24) is 5.32 Å². The highest BCUT2D eigenvalue weighted by Crippen LogP contribution is 2.36. The fourth-order valence-corrected chi connectivity index (χ4v) is 3.28. The number of carbonyl (C=O) groups excluding carboxylic acids is 1. The van der Waals surface area contributed by atoms with E-state index in [1.54, 1.807) is 0 Å². The Morgan fingerprint density at radius 2 is 1.93 bits per heavy atom. The van der Waals surface area contributed by atoms with Crippen molar-refractivity contribution in [2.75, 3.05) is 0 Å². The SMILES string of the molecule is CC(C)CCCC(O)(O)NC(=O)[C@H](CC=CCc1ccccc1)CC1CC1. The van der Waals surface area contributed by atoms with E-state index in [9.17, 15) is 15.0 Å². The van der Waals surface area contributed by atoms with Crippen LogP contribution in [0.1, 0.15) is 64.4 Å². The summed E-state index contributed by atoms with van der Waals surface area (Å²) in [5, 5.41) is 22.7. The lowest BCUT2D eigenvalue weighted by Gasteiger charge is -2.26. The van der Waals surface area contributed by atoms with Gasteiger partial charge in [-0.3, -0.25) is 4.79 Å². The maximum atomic E-state index is 12.6. The number of hydrogen-bond acceptors (Lipinski definition) is 3. The molecule has 0 unspecified atom stereocenters. The van der Waals surface area contributed by atoms with Crippen LogP contribution in [0, 0.1) is 17.8 Å². The maximum Gasteiger partial charge on any atom is 0.246 e. The molecule has 0 bridgehead atoms. The number of aliphatic hydroxyl groups is 2. The van der Waals surface area contributed by atoms with Crippen LogP contribution in [0.5, 0.6) is 0 Å². The van der Waals surface area contributed by atoms with Crippen LogP contribution in [-0.2, 0) is 11.2 Å². The molecule has 4 nitrogen and oxygen atoms in total. The summed E-state index contributed by atoms with van der Waals surface area (Å²) >= 11 is 0. The molecule has 0 heterocycles. The second-order valence-electron chi connectivity index (χ2n) is 8.36. The predicted molar refractivity (Wildman–Crippen MR) is 109 cm³/mol. The molecule has 1 aliphatic rings. The van der Waals surface area contributed by atoms with Gasteiger partial charge in [-0.2, -0.15) is 0 Å². The first kappa shape index (κ1) is 21.6. The zero-order chi connectivity index (χ0) is 19.7. The largest absolute Gasteiger partial charge is 0.349 e. The summed E-state index contributed by atoms with van der Waals surface area (Å²) in [7, 11) is 0. The summed E-state index contributed by atoms with van der Waals surface area (Å²) in [6.07, 6.45) is 10.5. The lowest BCUT2D eigenvalue weighted by molar-refractivity contribution is -0.196. The Hall–Kier alpha value is -1.65. The fraction of sp³-hybridized carbons (Fsp3) is 0.609. The molecule has 1 aromatic carbocycles. The number of carbonyl (C=O) groups is 1. The molecule has 1 atom stereocenters. The van der Waals surface area contributed by atoms with Crippen LogP contribution in [0.15, 0.2) is 42.5 Å². The summed E-state index contributed by atoms with van der Waals surface area (Å²) in [6, 6.07) is 10.2. The topological polar surface area (TPSA) is 69.6 Å². The van der Waals surface area contributed by atoms with Gasteiger partial charge in [0.25, 0.3) is 0 Å². The van der Waals surface area contributed by atoms with Crippen molar-refractivity contribution in [3.05, 3.63) is 48.0 Å². The van der Waals surface area contributed by atoms with Gasteiger partial charge in [-0.05, 0) is 43.1 Å². The number of rotatable bonds is 12. The van der Waals surface area contributed by atoms with Crippen LogP contribution in [-0.4, -0.2) is 22.0 Å². The first-order valence-corrected chi connectivity index (χ1v) is 10.3. The van der Waals surface area contributed by atoms with Gasteiger partial charge >= 0.3 is 0 Å². The zero-order valence-corrected chi connectivity index (χ0v) is 16.7. The molecule has 0 spiro atoms.